The molecule has 0 amide bonds. The number of carbonyl (C=O) groups is 1. The zero-order valence-electron chi connectivity index (χ0n) is 9.23. The molecule has 0 fully saturated rings. The molecule has 0 aliphatic carbocycles. The molecule has 0 saturated heterocycles. The van der Waals surface area contributed by atoms with Crippen LogP contribution < -0.4 is 0 Å². The van der Waals surface area contributed by atoms with E-state index in [0.29, 0.717) is 0 Å². The van der Waals surface area contributed by atoms with Gasteiger partial charge in [0, 0.05) is 0 Å². The molecule has 1 nitrogen and oxygen atoms in total. The van der Waals surface area contributed by atoms with Gasteiger partial charge in [0.05, 0.1) is 0 Å². The summed E-state index contributed by atoms with van der Waals surface area (Å²) in [4.78, 5) is 10.5. The summed E-state index contributed by atoms with van der Waals surface area (Å²) in [5.41, 5.74) is 3.11. The van der Waals surface area contributed by atoms with Gasteiger partial charge in [-0.3, -0.25) is 4.79 Å². The normalized spacial score (nSPS) is 12.7. The lowest BCUT2D eigenvalue weighted by Crippen LogP contribution is -1.81. The van der Waals surface area contributed by atoms with E-state index in [-0.39, 0.29) is 0 Å². The van der Waals surface area contributed by atoms with E-state index < -0.39 is 0 Å². The van der Waals surface area contributed by atoms with Crippen LogP contribution in [0.5, 0.6) is 0 Å². The Morgan fingerprint density at radius 2 is 1.93 bits per heavy atom. The molecule has 0 aromatic heterocycles. The molecule has 0 radical (unpaired) electrons. The summed E-state index contributed by atoms with van der Waals surface area (Å²) in [5, 5.41) is 0. The number of aldehydes is 1. The minimum Gasteiger partial charge on any atom is -0.298 e. The lowest BCUT2D eigenvalue weighted by molar-refractivity contribution is -0.104. The highest BCUT2D eigenvalue weighted by atomic mass is 16.1. The Balaban J connectivity index is 2.93. The van der Waals surface area contributed by atoms with Crippen LogP contribution in [0.3, 0.4) is 0 Å². The van der Waals surface area contributed by atoms with E-state index in [1.54, 1.807) is 0 Å². The first kappa shape index (κ1) is 11.4. The SMILES string of the molecule is CCC(/C=C(\C)C=O)=C\c1ccccc1. The molecule has 0 saturated carbocycles. The van der Waals surface area contributed by atoms with Gasteiger partial charge in [-0.15, -0.1) is 0 Å². The lowest BCUT2D eigenvalue weighted by Gasteiger charge is -1.99. The number of benzene rings is 1. The summed E-state index contributed by atoms with van der Waals surface area (Å²) in [6.45, 7) is 3.91. The maximum Gasteiger partial charge on any atom is 0.145 e. The number of allylic oxidation sites excluding steroid dienone is 3. The van der Waals surface area contributed by atoms with Gasteiger partial charge in [-0.2, -0.15) is 0 Å². The van der Waals surface area contributed by atoms with Gasteiger partial charge in [0.25, 0.3) is 0 Å². The number of rotatable bonds is 4. The Hall–Kier alpha value is -1.63. The van der Waals surface area contributed by atoms with Crippen LogP contribution in [-0.4, -0.2) is 6.29 Å². The number of hydrogen-bond acceptors (Lipinski definition) is 1. The van der Waals surface area contributed by atoms with Crippen molar-refractivity contribution in [3.8, 4) is 0 Å². The van der Waals surface area contributed by atoms with Crippen LogP contribution in [-0.2, 0) is 4.79 Å². The van der Waals surface area contributed by atoms with E-state index in [2.05, 4.69) is 25.1 Å². The highest BCUT2D eigenvalue weighted by Gasteiger charge is 1.92. The highest BCUT2D eigenvalue weighted by Crippen LogP contribution is 2.12. The first-order valence-corrected chi connectivity index (χ1v) is 5.15. The van der Waals surface area contributed by atoms with Gasteiger partial charge in [-0.1, -0.05) is 49.4 Å². The minimum absolute atomic E-state index is 0.763. The Morgan fingerprint density at radius 1 is 1.27 bits per heavy atom. The van der Waals surface area contributed by atoms with Crippen molar-refractivity contribution in [2.24, 2.45) is 0 Å². The lowest BCUT2D eigenvalue weighted by atomic mass is 10.1. The molecule has 78 valence electrons. The standard InChI is InChI=1S/C14H16O/c1-3-13(9-12(2)11-15)10-14-7-5-4-6-8-14/h4-11H,3H2,1-2H3/b12-9+,13-10+. The molecule has 0 atom stereocenters. The van der Waals surface area contributed by atoms with Crippen molar-refractivity contribution in [2.75, 3.05) is 0 Å². The van der Waals surface area contributed by atoms with Crippen LogP contribution in [0.25, 0.3) is 6.08 Å². The first-order chi connectivity index (χ1) is 7.26. The van der Waals surface area contributed by atoms with Gasteiger partial charge in [-0.05, 0) is 30.1 Å². The Labute approximate surface area is 91.1 Å². The largest absolute Gasteiger partial charge is 0.298 e. The molecule has 0 heterocycles. The second-order valence-electron chi connectivity index (χ2n) is 3.49. The average molecular weight is 200 g/mol. The zero-order valence-corrected chi connectivity index (χ0v) is 9.23. The van der Waals surface area contributed by atoms with Crippen LogP contribution in [0.1, 0.15) is 25.8 Å². The molecule has 0 spiro atoms. The van der Waals surface area contributed by atoms with Crippen LogP contribution in [0.2, 0.25) is 0 Å². The third-order valence-corrected chi connectivity index (χ3v) is 2.16. The van der Waals surface area contributed by atoms with E-state index in [1.165, 1.54) is 11.1 Å². The van der Waals surface area contributed by atoms with Crippen molar-refractivity contribution in [2.45, 2.75) is 20.3 Å². The highest BCUT2D eigenvalue weighted by molar-refractivity contribution is 5.74. The molecule has 0 unspecified atom stereocenters. The smallest absolute Gasteiger partial charge is 0.145 e. The molecule has 1 aromatic carbocycles. The summed E-state index contributed by atoms with van der Waals surface area (Å²) in [5.74, 6) is 0. The van der Waals surface area contributed by atoms with E-state index in [1.807, 2.05) is 31.2 Å². The molecule has 0 N–H and O–H groups in total. The summed E-state index contributed by atoms with van der Waals surface area (Å²) in [7, 11) is 0. The quantitative estimate of drug-likeness (QED) is 0.412. The van der Waals surface area contributed by atoms with Gasteiger partial charge in [0.1, 0.15) is 6.29 Å². The second-order valence-corrected chi connectivity index (χ2v) is 3.49. The van der Waals surface area contributed by atoms with E-state index in [9.17, 15) is 4.79 Å². The number of hydrogen-bond donors (Lipinski definition) is 0. The summed E-state index contributed by atoms with van der Waals surface area (Å²) < 4.78 is 0. The fourth-order valence-corrected chi connectivity index (χ4v) is 1.34. The van der Waals surface area contributed by atoms with Gasteiger partial charge < -0.3 is 0 Å². The molecule has 0 bridgehead atoms. The predicted molar refractivity (Wildman–Crippen MR) is 64.5 cm³/mol. The molecule has 1 rings (SSSR count). The molecule has 15 heavy (non-hydrogen) atoms. The topological polar surface area (TPSA) is 17.1 Å². The molecule has 0 aliphatic heterocycles. The van der Waals surface area contributed by atoms with Crippen molar-refractivity contribution in [1.82, 2.24) is 0 Å². The van der Waals surface area contributed by atoms with Crippen molar-refractivity contribution < 1.29 is 4.79 Å². The van der Waals surface area contributed by atoms with Gasteiger partial charge in [-0.25, -0.2) is 0 Å². The van der Waals surface area contributed by atoms with E-state index in [0.717, 1.165) is 18.3 Å². The van der Waals surface area contributed by atoms with Crippen LogP contribution >= 0.6 is 0 Å². The van der Waals surface area contributed by atoms with E-state index in [4.69, 9.17) is 0 Å². The van der Waals surface area contributed by atoms with Crippen molar-refractivity contribution in [3.05, 3.63) is 53.1 Å². The van der Waals surface area contributed by atoms with Crippen molar-refractivity contribution in [3.63, 3.8) is 0 Å². The second kappa shape index (κ2) is 5.97. The Kier molecular flexibility index (Phi) is 4.55. The third-order valence-electron chi connectivity index (χ3n) is 2.16. The van der Waals surface area contributed by atoms with Crippen LogP contribution in [0, 0.1) is 0 Å². The van der Waals surface area contributed by atoms with Crippen molar-refractivity contribution >= 4 is 12.4 Å². The predicted octanol–water partition coefficient (Wildman–Crippen LogP) is 3.63. The zero-order chi connectivity index (χ0) is 11.1. The molecular formula is C14H16O. The fraction of sp³-hybridized carbons (Fsp3) is 0.214. The van der Waals surface area contributed by atoms with Crippen LogP contribution in [0.15, 0.2) is 47.6 Å². The average Bonchev–Trinajstić information content (AvgIpc) is 2.29. The monoisotopic (exact) mass is 200 g/mol. The Morgan fingerprint density at radius 3 is 2.47 bits per heavy atom. The minimum atomic E-state index is 0.763. The third kappa shape index (κ3) is 3.94. The Bertz CT molecular complexity index is 372. The van der Waals surface area contributed by atoms with Gasteiger partial charge in [0.2, 0.25) is 0 Å². The maximum absolute atomic E-state index is 10.5. The molecule has 1 heteroatoms. The summed E-state index contributed by atoms with van der Waals surface area (Å²) in [6.07, 6.45) is 5.85. The molecule has 0 aliphatic rings. The molecular weight excluding hydrogens is 184 g/mol. The van der Waals surface area contributed by atoms with Gasteiger partial charge >= 0.3 is 0 Å². The van der Waals surface area contributed by atoms with E-state index >= 15 is 0 Å². The fourth-order valence-electron chi connectivity index (χ4n) is 1.34. The number of carbonyl (C=O) groups excluding carboxylic acids is 1. The van der Waals surface area contributed by atoms with Gasteiger partial charge in [0.15, 0.2) is 0 Å². The summed E-state index contributed by atoms with van der Waals surface area (Å²) >= 11 is 0. The molecule has 1 aromatic rings. The first-order valence-electron chi connectivity index (χ1n) is 5.15. The van der Waals surface area contributed by atoms with Crippen molar-refractivity contribution in [1.29, 1.82) is 0 Å². The summed E-state index contributed by atoms with van der Waals surface area (Å²) in [6, 6.07) is 10.1. The van der Waals surface area contributed by atoms with Crippen LogP contribution in [0.4, 0.5) is 0 Å². The maximum atomic E-state index is 10.5.